The number of methoxy groups -OCH3 is 2. The predicted molar refractivity (Wildman–Crippen MR) is 119 cm³/mol. The molecule has 2 saturated heterocycles. The van der Waals surface area contributed by atoms with Crippen LogP contribution in [0.15, 0.2) is 23.2 Å². The van der Waals surface area contributed by atoms with Crippen molar-refractivity contribution >= 4 is 5.96 Å². The predicted octanol–water partition coefficient (Wildman–Crippen LogP) is 2.90. The summed E-state index contributed by atoms with van der Waals surface area (Å²) in [5.74, 6) is 3.69. The fourth-order valence-corrected chi connectivity index (χ4v) is 4.03. The number of ether oxygens (including phenoxy) is 4. The van der Waals surface area contributed by atoms with Crippen LogP contribution in [0.5, 0.6) is 11.5 Å². The van der Waals surface area contributed by atoms with Crippen LogP contribution >= 0.6 is 0 Å². The molecular formula is C23H37N3O4. The van der Waals surface area contributed by atoms with Crippen LogP contribution in [0.1, 0.15) is 37.7 Å². The number of hydrogen-bond donors (Lipinski definition) is 1. The highest BCUT2D eigenvalue weighted by Gasteiger charge is 2.27. The van der Waals surface area contributed by atoms with Gasteiger partial charge in [0.1, 0.15) is 11.5 Å². The van der Waals surface area contributed by atoms with Crippen molar-refractivity contribution in [1.82, 2.24) is 10.2 Å². The average molecular weight is 420 g/mol. The van der Waals surface area contributed by atoms with E-state index < -0.39 is 0 Å². The second kappa shape index (κ2) is 12.0. The molecule has 0 aromatic heterocycles. The Bertz CT molecular complexity index is 654. The summed E-state index contributed by atoms with van der Waals surface area (Å²) in [5, 5.41) is 3.45. The van der Waals surface area contributed by atoms with E-state index in [1.807, 2.05) is 6.07 Å². The molecule has 1 N–H and O–H groups in total. The second-order valence-corrected chi connectivity index (χ2v) is 7.97. The Morgan fingerprint density at radius 3 is 2.67 bits per heavy atom. The summed E-state index contributed by atoms with van der Waals surface area (Å²) < 4.78 is 22.1. The average Bonchev–Trinajstić information content (AvgIpc) is 3.47. The first-order valence-electron chi connectivity index (χ1n) is 11.1. The van der Waals surface area contributed by atoms with E-state index in [2.05, 4.69) is 29.3 Å². The van der Waals surface area contributed by atoms with Crippen molar-refractivity contribution < 1.29 is 18.9 Å². The van der Waals surface area contributed by atoms with E-state index in [0.29, 0.717) is 11.8 Å². The Hall–Kier alpha value is -1.99. The zero-order valence-electron chi connectivity index (χ0n) is 18.7. The zero-order chi connectivity index (χ0) is 21.2. The van der Waals surface area contributed by atoms with Gasteiger partial charge in [-0.1, -0.05) is 0 Å². The van der Waals surface area contributed by atoms with Gasteiger partial charge in [0.25, 0.3) is 0 Å². The van der Waals surface area contributed by atoms with Gasteiger partial charge in [0.2, 0.25) is 0 Å². The van der Waals surface area contributed by atoms with Crippen LogP contribution in [0.3, 0.4) is 0 Å². The van der Waals surface area contributed by atoms with Gasteiger partial charge in [0.05, 0.1) is 27.4 Å². The van der Waals surface area contributed by atoms with Gasteiger partial charge in [-0.25, -0.2) is 0 Å². The van der Waals surface area contributed by atoms with Crippen LogP contribution in [0.25, 0.3) is 0 Å². The van der Waals surface area contributed by atoms with E-state index in [-0.39, 0.29) is 0 Å². The summed E-state index contributed by atoms with van der Waals surface area (Å²) >= 11 is 0. The molecular weight excluding hydrogens is 382 g/mol. The summed E-state index contributed by atoms with van der Waals surface area (Å²) in [4.78, 5) is 7.20. The van der Waals surface area contributed by atoms with Gasteiger partial charge in [-0.05, 0) is 43.9 Å². The number of benzene rings is 1. The van der Waals surface area contributed by atoms with Crippen LogP contribution in [-0.4, -0.2) is 77.7 Å². The monoisotopic (exact) mass is 419 g/mol. The van der Waals surface area contributed by atoms with Crippen molar-refractivity contribution in [2.75, 3.05) is 66.8 Å². The van der Waals surface area contributed by atoms with Gasteiger partial charge < -0.3 is 29.2 Å². The van der Waals surface area contributed by atoms with Gasteiger partial charge in [-0.3, -0.25) is 4.99 Å². The van der Waals surface area contributed by atoms with E-state index >= 15 is 0 Å². The van der Waals surface area contributed by atoms with Crippen molar-refractivity contribution in [2.45, 2.75) is 32.1 Å². The van der Waals surface area contributed by atoms with Crippen molar-refractivity contribution in [3.63, 3.8) is 0 Å². The molecule has 0 saturated carbocycles. The van der Waals surface area contributed by atoms with Crippen molar-refractivity contribution in [3.8, 4) is 11.5 Å². The van der Waals surface area contributed by atoms with Gasteiger partial charge in [0, 0.05) is 57.3 Å². The number of nitrogens with one attached hydrogen (secondary N) is 1. The highest BCUT2D eigenvalue weighted by Crippen LogP contribution is 2.32. The lowest BCUT2D eigenvalue weighted by Gasteiger charge is -2.22. The Morgan fingerprint density at radius 1 is 1.20 bits per heavy atom. The molecule has 2 heterocycles. The van der Waals surface area contributed by atoms with E-state index in [4.69, 9.17) is 23.9 Å². The van der Waals surface area contributed by atoms with Crippen molar-refractivity contribution in [2.24, 2.45) is 10.9 Å². The van der Waals surface area contributed by atoms with E-state index in [1.165, 1.54) is 5.56 Å². The summed E-state index contributed by atoms with van der Waals surface area (Å²) in [6.45, 7) is 8.98. The normalized spacial score (nSPS) is 21.8. The molecule has 2 aliphatic heterocycles. The third kappa shape index (κ3) is 6.51. The largest absolute Gasteiger partial charge is 0.497 e. The zero-order valence-corrected chi connectivity index (χ0v) is 18.7. The van der Waals surface area contributed by atoms with Crippen LogP contribution < -0.4 is 14.8 Å². The molecule has 168 valence electrons. The van der Waals surface area contributed by atoms with E-state index in [0.717, 1.165) is 89.3 Å². The SMILES string of the molecule is CCNC(=NCCCOCC1CCOC1)N1CCC(c2cc(OC)cc(OC)c2)C1. The number of aliphatic imine (C=N–C) groups is 1. The lowest BCUT2D eigenvalue weighted by atomic mass is 9.98. The quantitative estimate of drug-likeness (QED) is 0.357. The van der Waals surface area contributed by atoms with Crippen molar-refractivity contribution in [3.05, 3.63) is 23.8 Å². The maximum atomic E-state index is 5.80. The molecule has 1 aromatic rings. The first-order valence-corrected chi connectivity index (χ1v) is 11.1. The topological polar surface area (TPSA) is 64.6 Å². The van der Waals surface area contributed by atoms with Gasteiger partial charge in [0.15, 0.2) is 5.96 Å². The second-order valence-electron chi connectivity index (χ2n) is 7.97. The summed E-state index contributed by atoms with van der Waals surface area (Å²) in [6, 6.07) is 6.16. The highest BCUT2D eigenvalue weighted by molar-refractivity contribution is 5.80. The Labute approximate surface area is 180 Å². The molecule has 0 aliphatic carbocycles. The number of hydrogen-bond acceptors (Lipinski definition) is 5. The lowest BCUT2D eigenvalue weighted by molar-refractivity contribution is 0.0893. The smallest absolute Gasteiger partial charge is 0.193 e. The molecule has 0 spiro atoms. The number of guanidine groups is 1. The highest BCUT2D eigenvalue weighted by atomic mass is 16.5. The molecule has 0 amide bonds. The standard InChI is InChI=1S/C23H37N3O4/c1-4-24-23(25-8-5-10-29-16-18-7-11-30-17-18)26-9-6-19(15-26)20-12-21(27-2)14-22(13-20)28-3/h12-14,18-19H,4-11,15-17H2,1-3H3,(H,24,25). The van der Waals surface area contributed by atoms with Gasteiger partial charge in [-0.15, -0.1) is 0 Å². The third-order valence-electron chi connectivity index (χ3n) is 5.75. The molecule has 2 atom stereocenters. The minimum Gasteiger partial charge on any atom is -0.497 e. The fourth-order valence-electron chi connectivity index (χ4n) is 4.03. The number of likely N-dealkylation sites (tertiary alicyclic amines) is 1. The summed E-state index contributed by atoms with van der Waals surface area (Å²) in [6.07, 6.45) is 3.15. The van der Waals surface area contributed by atoms with Crippen LogP contribution in [0.2, 0.25) is 0 Å². The molecule has 2 unspecified atom stereocenters. The number of rotatable bonds is 10. The third-order valence-corrected chi connectivity index (χ3v) is 5.75. The molecule has 2 aliphatic rings. The molecule has 30 heavy (non-hydrogen) atoms. The van der Waals surface area contributed by atoms with Crippen LogP contribution in [0, 0.1) is 5.92 Å². The molecule has 0 radical (unpaired) electrons. The molecule has 1 aromatic carbocycles. The maximum Gasteiger partial charge on any atom is 0.193 e. The van der Waals surface area contributed by atoms with Crippen LogP contribution in [-0.2, 0) is 9.47 Å². The molecule has 3 rings (SSSR count). The minimum absolute atomic E-state index is 0.440. The van der Waals surface area contributed by atoms with Gasteiger partial charge >= 0.3 is 0 Å². The number of nitrogens with zero attached hydrogens (tertiary/aromatic N) is 2. The summed E-state index contributed by atoms with van der Waals surface area (Å²) in [7, 11) is 3.39. The first-order chi connectivity index (χ1) is 14.7. The Kier molecular flexibility index (Phi) is 9.08. The maximum absolute atomic E-state index is 5.80. The Balaban J connectivity index is 1.49. The molecule has 0 bridgehead atoms. The first kappa shape index (κ1) is 22.7. The molecule has 2 fully saturated rings. The van der Waals surface area contributed by atoms with Gasteiger partial charge in [-0.2, -0.15) is 0 Å². The molecule has 7 nitrogen and oxygen atoms in total. The lowest BCUT2D eigenvalue weighted by Crippen LogP contribution is -2.40. The van der Waals surface area contributed by atoms with E-state index in [1.54, 1.807) is 14.2 Å². The molecule has 7 heteroatoms. The Morgan fingerprint density at radius 2 is 2.00 bits per heavy atom. The van der Waals surface area contributed by atoms with Crippen LogP contribution in [0.4, 0.5) is 0 Å². The van der Waals surface area contributed by atoms with E-state index in [9.17, 15) is 0 Å². The summed E-state index contributed by atoms with van der Waals surface area (Å²) in [5.41, 5.74) is 1.26. The fraction of sp³-hybridized carbons (Fsp3) is 0.696. The van der Waals surface area contributed by atoms with Crippen molar-refractivity contribution in [1.29, 1.82) is 0 Å². The minimum atomic E-state index is 0.440.